The van der Waals surface area contributed by atoms with E-state index in [9.17, 15) is 4.79 Å². The Hall–Kier alpha value is -3.10. The van der Waals surface area contributed by atoms with Crippen molar-refractivity contribution in [3.8, 4) is 0 Å². The van der Waals surface area contributed by atoms with Crippen LogP contribution >= 0.6 is 23.2 Å². The topological polar surface area (TPSA) is 90.8 Å². The van der Waals surface area contributed by atoms with Gasteiger partial charge in [0.05, 0.1) is 41.4 Å². The maximum atomic E-state index is 13.0. The highest BCUT2D eigenvalue weighted by Crippen LogP contribution is 2.23. The molecule has 0 bridgehead atoms. The predicted octanol–water partition coefficient (Wildman–Crippen LogP) is 4.65. The molecule has 1 amide bonds. The molecule has 10 heteroatoms. The van der Waals surface area contributed by atoms with Gasteiger partial charge in [-0.1, -0.05) is 40.5 Å². The van der Waals surface area contributed by atoms with E-state index in [4.69, 9.17) is 27.7 Å². The fourth-order valence-electron chi connectivity index (χ4n) is 3.36. The van der Waals surface area contributed by atoms with E-state index in [1.165, 1.54) is 6.20 Å². The third-order valence-corrected chi connectivity index (χ3v) is 5.39. The number of aromatic nitrogens is 5. The third kappa shape index (κ3) is 4.50. The molecule has 0 fully saturated rings. The lowest BCUT2D eigenvalue weighted by Gasteiger charge is -2.08. The number of carbonyl (C=O) groups is 1. The average molecular weight is 459 g/mol. The van der Waals surface area contributed by atoms with Crippen LogP contribution in [0.1, 0.15) is 38.8 Å². The van der Waals surface area contributed by atoms with Gasteiger partial charge in [0.1, 0.15) is 5.76 Å². The molecule has 31 heavy (non-hydrogen) atoms. The first-order valence-corrected chi connectivity index (χ1v) is 10.3. The summed E-state index contributed by atoms with van der Waals surface area (Å²) in [5, 5.41) is 16.8. The second-order valence-corrected chi connectivity index (χ2v) is 8.08. The number of hydrogen-bond donors (Lipinski definition) is 1. The zero-order chi connectivity index (χ0) is 22.1. The van der Waals surface area contributed by atoms with Crippen molar-refractivity contribution in [3.63, 3.8) is 0 Å². The summed E-state index contributed by atoms with van der Waals surface area (Å²) in [6, 6.07) is 7.59. The SMILES string of the molecule is Cc1nn(Cc2cccc(Cl)c2)c(C)c1NC(=O)c1noc(C)c1Cn1cc(Cl)cn1. The van der Waals surface area contributed by atoms with Gasteiger partial charge in [-0.05, 0) is 38.5 Å². The Balaban J connectivity index is 1.56. The fraction of sp³-hybridized carbons (Fsp3) is 0.238. The van der Waals surface area contributed by atoms with E-state index in [1.54, 1.807) is 17.8 Å². The molecule has 4 rings (SSSR count). The summed E-state index contributed by atoms with van der Waals surface area (Å²) in [4.78, 5) is 13.0. The molecule has 4 aromatic rings. The molecule has 0 aliphatic carbocycles. The Bertz CT molecular complexity index is 1260. The maximum absolute atomic E-state index is 13.0. The van der Waals surface area contributed by atoms with Gasteiger partial charge < -0.3 is 9.84 Å². The molecule has 1 N–H and O–H groups in total. The van der Waals surface area contributed by atoms with E-state index in [2.05, 4.69) is 20.7 Å². The fourth-order valence-corrected chi connectivity index (χ4v) is 3.72. The van der Waals surface area contributed by atoms with Crippen LogP contribution in [-0.2, 0) is 13.1 Å². The minimum atomic E-state index is -0.376. The molecular weight excluding hydrogens is 439 g/mol. The molecule has 0 radical (unpaired) electrons. The van der Waals surface area contributed by atoms with Gasteiger partial charge in [0.15, 0.2) is 5.69 Å². The van der Waals surface area contributed by atoms with E-state index in [1.807, 2.05) is 42.8 Å². The summed E-state index contributed by atoms with van der Waals surface area (Å²) in [6.45, 7) is 6.36. The maximum Gasteiger partial charge on any atom is 0.278 e. The number of halogens is 2. The lowest BCUT2D eigenvalue weighted by molar-refractivity contribution is 0.101. The highest BCUT2D eigenvalue weighted by Gasteiger charge is 2.23. The van der Waals surface area contributed by atoms with Crippen LogP contribution in [0, 0.1) is 20.8 Å². The smallest absolute Gasteiger partial charge is 0.278 e. The van der Waals surface area contributed by atoms with Gasteiger partial charge in [0.25, 0.3) is 5.91 Å². The molecule has 8 nitrogen and oxygen atoms in total. The Labute approximate surface area is 188 Å². The quantitative estimate of drug-likeness (QED) is 0.453. The number of amides is 1. The van der Waals surface area contributed by atoms with Crippen molar-refractivity contribution in [2.45, 2.75) is 33.9 Å². The lowest BCUT2D eigenvalue weighted by Crippen LogP contribution is -2.17. The van der Waals surface area contributed by atoms with Crippen LogP contribution in [0.4, 0.5) is 5.69 Å². The van der Waals surface area contributed by atoms with Gasteiger partial charge in [-0.25, -0.2) is 0 Å². The van der Waals surface area contributed by atoms with Crippen molar-refractivity contribution >= 4 is 34.8 Å². The van der Waals surface area contributed by atoms with Crippen LogP contribution in [0.15, 0.2) is 41.2 Å². The molecule has 0 saturated heterocycles. The minimum absolute atomic E-state index is 0.200. The monoisotopic (exact) mass is 458 g/mol. The standard InChI is InChI=1S/C21H20Cl2N6O2/c1-12-19(13(2)29(26-12)9-15-5-4-6-16(22)7-15)25-21(30)20-18(14(3)31-27-20)11-28-10-17(23)8-24-28/h4-8,10H,9,11H2,1-3H3,(H,25,30). The van der Waals surface area contributed by atoms with Crippen LogP contribution in [0.3, 0.4) is 0 Å². The highest BCUT2D eigenvalue weighted by molar-refractivity contribution is 6.30. The lowest BCUT2D eigenvalue weighted by atomic mass is 10.1. The van der Waals surface area contributed by atoms with Crippen LogP contribution < -0.4 is 5.32 Å². The van der Waals surface area contributed by atoms with Crippen LogP contribution in [0.2, 0.25) is 10.0 Å². The predicted molar refractivity (Wildman–Crippen MR) is 118 cm³/mol. The van der Waals surface area contributed by atoms with Gasteiger partial charge in [0, 0.05) is 16.8 Å². The van der Waals surface area contributed by atoms with Crippen LogP contribution in [0.25, 0.3) is 0 Å². The number of anilines is 1. The number of rotatable bonds is 6. The minimum Gasteiger partial charge on any atom is -0.361 e. The van der Waals surface area contributed by atoms with Gasteiger partial charge in [-0.3, -0.25) is 14.2 Å². The van der Waals surface area contributed by atoms with Crippen molar-refractivity contribution in [3.05, 3.63) is 80.7 Å². The second-order valence-electron chi connectivity index (χ2n) is 7.21. The Kier molecular flexibility index (Phi) is 5.84. The van der Waals surface area contributed by atoms with Crippen molar-refractivity contribution in [1.82, 2.24) is 24.7 Å². The summed E-state index contributed by atoms with van der Waals surface area (Å²) in [5.41, 5.74) is 4.02. The van der Waals surface area contributed by atoms with Crippen molar-refractivity contribution in [2.75, 3.05) is 5.32 Å². The van der Waals surface area contributed by atoms with E-state index in [0.29, 0.717) is 45.8 Å². The van der Waals surface area contributed by atoms with Gasteiger partial charge in [-0.2, -0.15) is 10.2 Å². The van der Waals surface area contributed by atoms with Gasteiger partial charge in [-0.15, -0.1) is 0 Å². The molecule has 0 unspecified atom stereocenters. The molecule has 0 saturated carbocycles. The third-order valence-electron chi connectivity index (χ3n) is 4.96. The number of aryl methyl sites for hydroxylation is 2. The molecular formula is C21H20Cl2N6O2. The van der Waals surface area contributed by atoms with E-state index in [-0.39, 0.29) is 11.6 Å². The zero-order valence-corrected chi connectivity index (χ0v) is 18.7. The summed E-state index contributed by atoms with van der Waals surface area (Å²) in [6.07, 6.45) is 3.20. The number of hydrogen-bond acceptors (Lipinski definition) is 5. The number of benzene rings is 1. The molecule has 0 atom stereocenters. The van der Waals surface area contributed by atoms with Crippen LogP contribution in [-0.4, -0.2) is 30.6 Å². The second kappa shape index (κ2) is 8.56. The number of nitrogens with zero attached hydrogens (tertiary/aromatic N) is 5. The molecule has 1 aromatic carbocycles. The molecule has 3 aromatic heterocycles. The number of nitrogens with one attached hydrogen (secondary N) is 1. The van der Waals surface area contributed by atoms with E-state index < -0.39 is 0 Å². The van der Waals surface area contributed by atoms with Crippen molar-refractivity contribution < 1.29 is 9.32 Å². The van der Waals surface area contributed by atoms with Crippen molar-refractivity contribution in [1.29, 1.82) is 0 Å². The number of carbonyl (C=O) groups excluding carboxylic acids is 1. The molecule has 3 heterocycles. The van der Waals surface area contributed by atoms with Crippen LogP contribution in [0.5, 0.6) is 0 Å². The first-order valence-electron chi connectivity index (χ1n) is 9.54. The largest absolute Gasteiger partial charge is 0.361 e. The van der Waals surface area contributed by atoms with E-state index >= 15 is 0 Å². The Morgan fingerprint density at radius 3 is 2.68 bits per heavy atom. The summed E-state index contributed by atoms with van der Waals surface area (Å²) in [7, 11) is 0. The average Bonchev–Trinajstić information content (AvgIpc) is 3.37. The Morgan fingerprint density at radius 2 is 1.97 bits per heavy atom. The summed E-state index contributed by atoms with van der Waals surface area (Å²) in [5.74, 6) is 0.167. The normalized spacial score (nSPS) is 11.1. The molecule has 0 aliphatic rings. The zero-order valence-electron chi connectivity index (χ0n) is 17.2. The highest BCUT2D eigenvalue weighted by atomic mass is 35.5. The summed E-state index contributed by atoms with van der Waals surface area (Å²) < 4.78 is 8.72. The molecule has 160 valence electrons. The summed E-state index contributed by atoms with van der Waals surface area (Å²) >= 11 is 12.0. The first kappa shape index (κ1) is 21.1. The van der Waals surface area contributed by atoms with Gasteiger partial charge in [0.2, 0.25) is 0 Å². The first-order chi connectivity index (χ1) is 14.8. The van der Waals surface area contributed by atoms with Crippen molar-refractivity contribution in [2.24, 2.45) is 0 Å². The molecule has 0 spiro atoms. The van der Waals surface area contributed by atoms with E-state index in [0.717, 1.165) is 11.3 Å². The van der Waals surface area contributed by atoms with Gasteiger partial charge >= 0.3 is 0 Å². The molecule has 0 aliphatic heterocycles. The Morgan fingerprint density at radius 1 is 1.16 bits per heavy atom.